The molecular weight excluding hydrogens is 405 g/mol. The molecule has 0 spiro atoms. The molecule has 5 nitrogen and oxygen atoms in total. The molecule has 0 aliphatic rings. The first-order chi connectivity index (χ1) is 14.6. The number of amides is 1. The second-order valence-electron chi connectivity index (χ2n) is 6.69. The normalized spacial score (nSPS) is 11.8. The van der Waals surface area contributed by atoms with Crippen molar-refractivity contribution < 1.29 is 13.7 Å². The highest BCUT2D eigenvalue weighted by Crippen LogP contribution is 2.39. The van der Waals surface area contributed by atoms with Crippen molar-refractivity contribution in [2.45, 2.75) is 12.8 Å². The Kier molecular flexibility index (Phi) is 5.59. The number of anilines is 1. The minimum absolute atomic E-state index is 0.0283. The number of nitrogens with one attached hydrogen (secondary N) is 1. The van der Waals surface area contributed by atoms with Gasteiger partial charge in [0.2, 0.25) is 11.8 Å². The number of hydrogen-bond donors (Lipinski definition) is 1. The van der Waals surface area contributed by atoms with Gasteiger partial charge in [0.25, 0.3) is 0 Å². The van der Waals surface area contributed by atoms with Crippen molar-refractivity contribution in [3.8, 4) is 22.4 Å². The molecule has 4 aromatic rings. The minimum Gasteiger partial charge on any atom is -0.337 e. The number of halogens is 2. The van der Waals surface area contributed by atoms with Crippen molar-refractivity contribution in [3.63, 3.8) is 0 Å². The van der Waals surface area contributed by atoms with Gasteiger partial charge in [0.15, 0.2) is 5.82 Å². The van der Waals surface area contributed by atoms with Crippen molar-refractivity contribution in [2.24, 2.45) is 0 Å². The number of carbonyl (C=O) groups is 1. The van der Waals surface area contributed by atoms with Gasteiger partial charge in [0.05, 0.1) is 16.5 Å². The van der Waals surface area contributed by atoms with Crippen LogP contribution >= 0.6 is 11.6 Å². The van der Waals surface area contributed by atoms with Crippen molar-refractivity contribution in [1.29, 1.82) is 0 Å². The Balaban J connectivity index is 1.76. The van der Waals surface area contributed by atoms with E-state index in [2.05, 4.69) is 15.5 Å². The molecule has 2 aromatic heterocycles. The van der Waals surface area contributed by atoms with Crippen LogP contribution in [0.15, 0.2) is 77.6 Å². The highest BCUT2D eigenvalue weighted by atomic mass is 35.5. The number of nitrogens with zero attached hydrogens (tertiary/aromatic N) is 2. The van der Waals surface area contributed by atoms with Crippen LogP contribution in [0.4, 0.5) is 10.3 Å². The summed E-state index contributed by atoms with van der Waals surface area (Å²) in [5.74, 6) is -1.18. The predicted molar refractivity (Wildman–Crippen MR) is 114 cm³/mol. The summed E-state index contributed by atoms with van der Waals surface area (Å²) in [5, 5.41) is 6.80. The zero-order valence-electron chi connectivity index (χ0n) is 16.0. The van der Waals surface area contributed by atoms with Crippen molar-refractivity contribution in [3.05, 3.63) is 89.5 Å². The smallest absolute Gasteiger partial charge is 0.239 e. The van der Waals surface area contributed by atoms with Crippen LogP contribution in [0.1, 0.15) is 18.4 Å². The van der Waals surface area contributed by atoms with Gasteiger partial charge >= 0.3 is 0 Å². The summed E-state index contributed by atoms with van der Waals surface area (Å²) in [5.41, 5.74) is 2.40. The average molecular weight is 422 g/mol. The molecule has 0 aliphatic heterocycles. The van der Waals surface area contributed by atoms with Crippen LogP contribution in [0.5, 0.6) is 0 Å². The van der Waals surface area contributed by atoms with Crippen LogP contribution in [0.25, 0.3) is 22.4 Å². The second kappa shape index (κ2) is 8.47. The summed E-state index contributed by atoms with van der Waals surface area (Å²) < 4.78 is 20.1. The van der Waals surface area contributed by atoms with Crippen LogP contribution in [0.3, 0.4) is 0 Å². The maximum Gasteiger partial charge on any atom is 0.239 e. The molecule has 2 aromatic carbocycles. The first kappa shape index (κ1) is 19.8. The maximum absolute atomic E-state index is 14.7. The Morgan fingerprint density at radius 3 is 2.53 bits per heavy atom. The molecule has 4 rings (SSSR count). The summed E-state index contributed by atoms with van der Waals surface area (Å²) >= 11 is 5.95. The summed E-state index contributed by atoms with van der Waals surface area (Å²) in [6, 6.07) is 17.5. The van der Waals surface area contributed by atoms with E-state index in [9.17, 15) is 9.18 Å². The summed E-state index contributed by atoms with van der Waals surface area (Å²) in [6.45, 7) is 1.80. The Morgan fingerprint density at radius 1 is 1.07 bits per heavy atom. The Bertz CT molecular complexity index is 1180. The lowest BCUT2D eigenvalue weighted by atomic mass is 9.99. The second-order valence-corrected chi connectivity index (χ2v) is 7.10. The van der Waals surface area contributed by atoms with Gasteiger partial charge in [-0.15, -0.1) is 0 Å². The SMILES string of the molecule is CC(C(=O)Nc1onc(-c2cccc(Cl)c2F)c1-c1ccncc1)c1ccccc1. The molecule has 1 atom stereocenters. The molecule has 0 saturated carbocycles. The number of carbonyl (C=O) groups excluding carboxylic acids is 1. The van der Waals surface area contributed by atoms with Gasteiger partial charge in [0.1, 0.15) is 5.69 Å². The van der Waals surface area contributed by atoms with Gasteiger partial charge in [-0.1, -0.05) is 53.2 Å². The highest BCUT2D eigenvalue weighted by Gasteiger charge is 2.25. The maximum atomic E-state index is 14.7. The Morgan fingerprint density at radius 2 is 1.80 bits per heavy atom. The van der Waals surface area contributed by atoms with Crippen LogP contribution < -0.4 is 5.32 Å². The molecular formula is C23H17ClFN3O2. The van der Waals surface area contributed by atoms with Crippen LogP contribution in [-0.2, 0) is 4.79 Å². The zero-order chi connectivity index (χ0) is 21.1. The van der Waals surface area contributed by atoms with Gasteiger partial charge < -0.3 is 4.52 Å². The fraction of sp³-hybridized carbons (Fsp3) is 0.0870. The molecule has 0 fully saturated rings. The molecule has 30 heavy (non-hydrogen) atoms. The zero-order valence-corrected chi connectivity index (χ0v) is 16.7. The van der Waals surface area contributed by atoms with Gasteiger partial charge in [-0.05, 0) is 42.3 Å². The van der Waals surface area contributed by atoms with Gasteiger partial charge in [-0.3, -0.25) is 15.1 Å². The van der Waals surface area contributed by atoms with E-state index in [4.69, 9.17) is 16.1 Å². The van der Waals surface area contributed by atoms with Crippen LogP contribution in [0, 0.1) is 5.82 Å². The third-order valence-electron chi connectivity index (χ3n) is 4.80. The quantitative estimate of drug-likeness (QED) is 0.433. The Labute approximate surface area is 177 Å². The molecule has 0 aliphatic carbocycles. The fourth-order valence-corrected chi connectivity index (χ4v) is 3.32. The molecule has 7 heteroatoms. The number of pyridine rings is 1. The predicted octanol–water partition coefficient (Wildman–Crippen LogP) is 5.94. The van der Waals surface area contributed by atoms with Crippen molar-refractivity contribution >= 4 is 23.4 Å². The topological polar surface area (TPSA) is 68.0 Å². The standard InChI is InChI=1S/C23H17ClFN3O2/c1-14(15-6-3-2-4-7-15)22(29)27-23-19(16-10-12-26-13-11-16)21(28-30-23)17-8-5-9-18(24)20(17)25/h2-14H,1H3,(H,27,29). The first-order valence-corrected chi connectivity index (χ1v) is 9.64. The number of rotatable bonds is 5. The first-order valence-electron chi connectivity index (χ1n) is 9.26. The van der Waals surface area contributed by atoms with Gasteiger partial charge in [-0.25, -0.2) is 4.39 Å². The average Bonchev–Trinajstić information content (AvgIpc) is 3.19. The number of aromatic nitrogens is 2. The van der Waals surface area contributed by atoms with Crippen LogP contribution in [-0.4, -0.2) is 16.0 Å². The highest BCUT2D eigenvalue weighted by molar-refractivity contribution is 6.31. The molecule has 1 amide bonds. The van der Waals surface area contributed by atoms with E-state index in [0.29, 0.717) is 11.1 Å². The van der Waals surface area contributed by atoms with Gasteiger partial charge in [-0.2, -0.15) is 0 Å². The molecule has 1 unspecified atom stereocenters. The molecule has 2 heterocycles. The number of hydrogen-bond acceptors (Lipinski definition) is 4. The lowest BCUT2D eigenvalue weighted by molar-refractivity contribution is -0.117. The van der Waals surface area contributed by atoms with Crippen LogP contribution in [0.2, 0.25) is 5.02 Å². The van der Waals surface area contributed by atoms with E-state index < -0.39 is 11.7 Å². The lowest BCUT2D eigenvalue weighted by Gasteiger charge is -2.12. The summed E-state index contributed by atoms with van der Waals surface area (Å²) in [6.07, 6.45) is 3.19. The minimum atomic E-state index is -0.613. The summed E-state index contributed by atoms with van der Waals surface area (Å²) in [7, 11) is 0. The monoisotopic (exact) mass is 421 g/mol. The molecule has 0 radical (unpaired) electrons. The molecule has 1 N–H and O–H groups in total. The van der Waals surface area contributed by atoms with Crippen molar-refractivity contribution in [2.75, 3.05) is 5.32 Å². The third-order valence-corrected chi connectivity index (χ3v) is 5.09. The van der Waals surface area contributed by atoms with Crippen molar-refractivity contribution in [1.82, 2.24) is 10.1 Å². The number of benzene rings is 2. The van der Waals surface area contributed by atoms with E-state index in [1.54, 1.807) is 43.6 Å². The fourth-order valence-electron chi connectivity index (χ4n) is 3.15. The Hall–Kier alpha value is -3.51. The largest absolute Gasteiger partial charge is 0.337 e. The van der Waals surface area contributed by atoms with E-state index in [0.717, 1.165) is 5.56 Å². The van der Waals surface area contributed by atoms with E-state index >= 15 is 0 Å². The van der Waals surface area contributed by atoms with E-state index in [-0.39, 0.29) is 28.1 Å². The molecule has 0 bridgehead atoms. The van der Waals surface area contributed by atoms with E-state index in [1.165, 1.54) is 6.07 Å². The third kappa shape index (κ3) is 3.82. The summed E-state index contributed by atoms with van der Waals surface area (Å²) in [4.78, 5) is 16.9. The lowest BCUT2D eigenvalue weighted by Crippen LogP contribution is -2.18. The van der Waals surface area contributed by atoms with E-state index in [1.807, 2.05) is 30.3 Å². The molecule has 0 saturated heterocycles. The van der Waals surface area contributed by atoms with Gasteiger partial charge in [0, 0.05) is 18.0 Å². The molecule has 150 valence electrons.